The highest BCUT2D eigenvalue weighted by molar-refractivity contribution is 5.79. The quantitative estimate of drug-likeness (QED) is 0.495. The average molecular weight is 443 g/mol. The van der Waals surface area contributed by atoms with E-state index in [-0.39, 0.29) is 42.8 Å². The summed E-state index contributed by atoms with van der Waals surface area (Å²) < 4.78 is 50.4. The molecular weight excluding hydrogens is 427 g/mol. The zero-order chi connectivity index (χ0) is 22.3. The summed E-state index contributed by atoms with van der Waals surface area (Å²) in [6.45, 7) is 0.0629. The third-order valence-electron chi connectivity index (χ3n) is 5.29. The maximum Gasteiger partial charge on any atom is 0.416 e. The maximum atomic E-state index is 13.3. The first-order valence-corrected chi connectivity index (χ1v) is 9.74. The van der Waals surface area contributed by atoms with Crippen LogP contribution in [0.5, 0.6) is 0 Å². The minimum absolute atomic E-state index is 0.0470. The van der Waals surface area contributed by atoms with Crippen molar-refractivity contribution in [1.82, 2.24) is 25.2 Å². The Labute approximate surface area is 179 Å². The minimum atomic E-state index is -4.49. The van der Waals surface area contributed by atoms with Crippen molar-refractivity contribution in [3.05, 3.63) is 65.7 Å². The van der Waals surface area contributed by atoms with Crippen molar-refractivity contribution in [2.75, 3.05) is 6.54 Å². The number of hydrogen-bond acceptors (Lipinski definition) is 6. The smallest absolute Gasteiger partial charge is 0.416 e. The van der Waals surface area contributed by atoms with Crippen molar-refractivity contribution in [1.29, 1.82) is 0 Å². The third-order valence-corrected chi connectivity index (χ3v) is 5.29. The molecule has 164 valence electrons. The second-order valence-electron chi connectivity index (χ2n) is 7.43. The van der Waals surface area contributed by atoms with Gasteiger partial charge in [0.25, 0.3) is 5.89 Å². The maximum absolute atomic E-state index is 13.3. The van der Waals surface area contributed by atoms with Gasteiger partial charge in [-0.3, -0.25) is 9.89 Å². The van der Waals surface area contributed by atoms with E-state index in [1.54, 1.807) is 18.2 Å². The highest BCUT2D eigenvalue weighted by Gasteiger charge is 2.37. The van der Waals surface area contributed by atoms with Gasteiger partial charge in [0.1, 0.15) is 11.4 Å². The van der Waals surface area contributed by atoms with Crippen LogP contribution in [0, 0.1) is 0 Å². The summed E-state index contributed by atoms with van der Waals surface area (Å²) >= 11 is 0. The van der Waals surface area contributed by atoms with Gasteiger partial charge in [-0.15, -0.1) is 0 Å². The summed E-state index contributed by atoms with van der Waals surface area (Å²) in [6, 6.07) is 10.4. The Hall–Kier alpha value is -3.89. The Kier molecular flexibility index (Phi) is 4.80. The molecule has 8 nitrogen and oxygen atoms in total. The normalized spacial score (nSPS) is 16.8. The van der Waals surface area contributed by atoms with Gasteiger partial charge in [-0.05, 0) is 23.8 Å². The molecule has 0 spiro atoms. The fourth-order valence-corrected chi connectivity index (χ4v) is 3.73. The molecule has 5 rings (SSSR count). The molecule has 4 aromatic rings. The number of rotatable bonds is 5. The van der Waals surface area contributed by atoms with Crippen LogP contribution in [0.15, 0.2) is 57.7 Å². The van der Waals surface area contributed by atoms with Crippen LogP contribution in [0.4, 0.5) is 13.2 Å². The first kappa shape index (κ1) is 20.0. The molecular formula is C21H16F3N5O3. The van der Waals surface area contributed by atoms with E-state index in [9.17, 15) is 18.0 Å². The molecule has 1 unspecified atom stereocenters. The van der Waals surface area contributed by atoms with Gasteiger partial charge < -0.3 is 13.8 Å². The molecule has 4 heterocycles. The molecule has 0 radical (unpaired) electrons. The summed E-state index contributed by atoms with van der Waals surface area (Å²) in [5, 5.41) is 10.9. The van der Waals surface area contributed by atoms with Crippen LogP contribution in [0.3, 0.4) is 0 Å². The Balaban J connectivity index is 1.31. The monoisotopic (exact) mass is 443 g/mol. The molecule has 11 heteroatoms. The fourth-order valence-electron chi connectivity index (χ4n) is 3.73. The molecule has 1 amide bonds. The van der Waals surface area contributed by atoms with Crippen LogP contribution in [0.2, 0.25) is 0 Å². The second kappa shape index (κ2) is 7.66. The Bertz CT molecular complexity index is 1250. The predicted octanol–water partition coefficient (Wildman–Crippen LogP) is 4.25. The number of carbonyl (C=O) groups excluding carboxylic acids is 1. The number of alkyl halides is 3. The number of likely N-dealkylation sites (tertiary alicyclic amines) is 1. The van der Waals surface area contributed by atoms with E-state index in [1.165, 1.54) is 29.4 Å². The molecule has 0 aliphatic carbocycles. The number of furan rings is 1. The molecule has 1 atom stereocenters. The van der Waals surface area contributed by atoms with Gasteiger partial charge in [0, 0.05) is 31.5 Å². The summed E-state index contributed by atoms with van der Waals surface area (Å²) in [7, 11) is 0. The second-order valence-corrected chi connectivity index (χ2v) is 7.43. The summed E-state index contributed by atoms with van der Waals surface area (Å²) in [4.78, 5) is 18.2. The van der Waals surface area contributed by atoms with Crippen LogP contribution in [0.1, 0.15) is 29.3 Å². The summed E-state index contributed by atoms with van der Waals surface area (Å²) in [5.74, 6) is 0.432. The molecule has 32 heavy (non-hydrogen) atoms. The van der Waals surface area contributed by atoms with Gasteiger partial charge >= 0.3 is 6.18 Å². The molecule has 1 fully saturated rings. The van der Waals surface area contributed by atoms with E-state index in [4.69, 9.17) is 8.94 Å². The first-order chi connectivity index (χ1) is 15.4. The number of hydrogen-bond donors (Lipinski definition) is 1. The standard InChI is InChI=1S/C21H16F3N5O3/c22-21(23,24)14-5-2-1-4-12(14)10-29-11-13(8-18(29)30)19-25-20(32-28-19)16-9-15(26-27-16)17-6-3-7-31-17/h1-7,9,13H,8,10-11H2,(H,26,27). The van der Waals surface area contributed by atoms with Crippen molar-refractivity contribution in [3.8, 4) is 23.0 Å². The van der Waals surface area contributed by atoms with Crippen molar-refractivity contribution < 1.29 is 26.9 Å². The number of aromatic nitrogens is 4. The van der Waals surface area contributed by atoms with Gasteiger partial charge in [0.15, 0.2) is 11.6 Å². The molecule has 0 saturated carbocycles. The largest absolute Gasteiger partial charge is 0.463 e. The fraction of sp³-hybridized carbons (Fsp3) is 0.238. The predicted molar refractivity (Wildman–Crippen MR) is 104 cm³/mol. The number of H-pyrrole nitrogens is 1. The SMILES string of the molecule is O=C1CC(c2noc(-c3cc(-c4ccco4)n[nH]3)n2)CN1Cc1ccccc1C(F)(F)F. The molecule has 1 aromatic carbocycles. The van der Waals surface area contributed by atoms with Crippen molar-refractivity contribution in [2.24, 2.45) is 0 Å². The van der Waals surface area contributed by atoms with E-state index in [0.717, 1.165) is 6.07 Å². The number of nitrogens with one attached hydrogen (secondary N) is 1. The van der Waals surface area contributed by atoms with Gasteiger partial charge in [-0.2, -0.15) is 23.3 Å². The van der Waals surface area contributed by atoms with E-state index < -0.39 is 11.7 Å². The average Bonchev–Trinajstić information content (AvgIpc) is 3.54. The first-order valence-electron chi connectivity index (χ1n) is 9.74. The zero-order valence-electron chi connectivity index (χ0n) is 16.5. The molecule has 1 N–H and O–H groups in total. The number of nitrogens with zero attached hydrogens (tertiary/aromatic N) is 4. The number of amides is 1. The molecule has 0 bridgehead atoms. The number of aromatic amines is 1. The van der Waals surface area contributed by atoms with Crippen molar-refractivity contribution >= 4 is 5.91 Å². The lowest BCUT2D eigenvalue weighted by Gasteiger charge is -2.19. The summed E-state index contributed by atoms with van der Waals surface area (Å²) in [6.07, 6.45) is -2.86. The van der Waals surface area contributed by atoms with E-state index in [2.05, 4.69) is 20.3 Å². The van der Waals surface area contributed by atoms with Crippen LogP contribution < -0.4 is 0 Å². The lowest BCUT2D eigenvalue weighted by atomic mass is 10.1. The number of carbonyl (C=O) groups is 1. The van der Waals surface area contributed by atoms with E-state index in [0.29, 0.717) is 23.0 Å². The van der Waals surface area contributed by atoms with Crippen LogP contribution in [-0.4, -0.2) is 37.7 Å². The highest BCUT2D eigenvalue weighted by atomic mass is 19.4. The van der Waals surface area contributed by atoms with Gasteiger partial charge in [-0.1, -0.05) is 23.4 Å². The van der Waals surface area contributed by atoms with Crippen LogP contribution in [-0.2, 0) is 17.5 Å². The van der Waals surface area contributed by atoms with Crippen molar-refractivity contribution in [2.45, 2.75) is 25.1 Å². The van der Waals surface area contributed by atoms with Gasteiger partial charge in [0.2, 0.25) is 5.91 Å². The lowest BCUT2D eigenvalue weighted by Crippen LogP contribution is -2.26. The zero-order valence-corrected chi connectivity index (χ0v) is 16.5. The summed E-state index contributed by atoms with van der Waals surface area (Å²) in [5.41, 5.74) is 0.348. The van der Waals surface area contributed by atoms with E-state index >= 15 is 0 Å². The Morgan fingerprint density at radius 1 is 1.19 bits per heavy atom. The third kappa shape index (κ3) is 3.77. The highest BCUT2D eigenvalue weighted by Crippen LogP contribution is 2.34. The number of halogens is 3. The lowest BCUT2D eigenvalue weighted by molar-refractivity contribution is -0.139. The Morgan fingerprint density at radius 3 is 2.81 bits per heavy atom. The Morgan fingerprint density at radius 2 is 2.03 bits per heavy atom. The molecule has 1 aliphatic heterocycles. The topological polar surface area (TPSA) is 101 Å². The van der Waals surface area contributed by atoms with Gasteiger partial charge in [-0.25, -0.2) is 0 Å². The van der Waals surface area contributed by atoms with Gasteiger partial charge in [0.05, 0.1) is 11.8 Å². The minimum Gasteiger partial charge on any atom is -0.463 e. The molecule has 3 aromatic heterocycles. The van der Waals surface area contributed by atoms with Crippen LogP contribution >= 0.6 is 0 Å². The van der Waals surface area contributed by atoms with Crippen molar-refractivity contribution in [3.63, 3.8) is 0 Å². The van der Waals surface area contributed by atoms with E-state index in [1.807, 2.05) is 0 Å². The molecule has 1 aliphatic rings. The molecule has 1 saturated heterocycles. The number of benzene rings is 1. The van der Waals surface area contributed by atoms with Crippen LogP contribution in [0.25, 0.3) is 23.0 Å².